The average Bonchev–Trinajstić information content (AvgIpc) is 3.82. The normalized spacial score (nSPS) is 23.8. The van der Waals surface area contributed by atoms with Crippen molar-refractivity contribution in [1.29, 1.82) is 0 Å². The van der Waals surface area contributed by atoms with Crippen LogP contribution in [-0.4, -0.2) is 4.98 Å². The fourth-order valence-corrected chi connectivity index (χ4v) is 8.83. The summed E-state index contributed by atoms with van der Waals surface area (Å²) in [6.45, 7) is 0. The lowest BCUT2D eigenvalue weighted by atomic mass is 9.77. The van der Waals surface area contributed by atoms with E-state index in [4.69, 9.17) is 14.1 Å². The third kappa shape index (κ3) is 3.30. The molecule has 0 spiro atoms. The minimum Gasteiger partial charge on any atom is -0.484 e. The monoisotopic (exact) mass is 591 g/mol. The topological polar surface area (TPSA) is 35.3 Å². The molecule has 0 saturated carbocycles. The van der Waals surface area contributed by atoms with Crippen LogP contribution in [0.2, 0.25) is 0 Å². The van der Waals surface area contributed by atoms with Crippen molar-refractivity contribution in [3.05, 3.63) is 160 Å². The Morgan fingerprint density at radius 1 is 0.739 bits per heavy atom. The molecule has 4 aromatic carbocycles. The maximum absolute atomic E-state index is 6.77. The van der Waals surface area contributed by atoms with Gasteiger partial charge in [-0.3, -0.25) is 0 Å². The molecule has 5 aliphatic carbocycles. The van der Waals surface area contributed by atoms with Crippen LogP contribution in [0.1, 0.15) is 64.2 Å². The van der Waals surface area contributed by atoms with Gasteiger partial charge in [-0.25, -0.2) is 4.98 Å². The number of fused-ring (bicyclic) bond motifs is 11. The molecule has 46 heavy (non-hydrogen) atoms. The zero-order valence-electron chi connectivity index (χ0n) is 25.1. The Hall–Kier alpha value is -5.41. The molecule has 4 atom stereocenters. The maximum Gasteiger partial charge on any atom is 0.227 e. The fourth-order valence-electron chi connectivity index (χ4n) is 8.83. The summed E-state index contributed by atoms with van der Waals surface area (Å²) in [5.74, 6) is 2.48. The lowest BCUT2D eigenvalue weighted by Crippen LogP contribution is -2.15. The first-order chi connectivity index (χ1) is 22.8. The summed E-state index contributed by atoms with van der Waals surface area (Å²) in [4.78, 5) is 5.08. The van der Waals surface area contributed by atoms with Crippen LogP contribution in [0.15, 0.2) is 131 Å². The minimum atomic E-state index is -0.00549. The van der Waals surface area contributed by atoms with Gasteiger partial charge in [0.2, 0.25) is 5.89 Å². The third-order valence-electron chi connectivity index (χ3n) is 10.9. The molecule has 3 heteroatoms. The van der Waals surface area contributed by atoms with Crippen LogP contribution < -0.4 is 4.74 Å². The van der Waals surface area contributed by atoms with E-state index in [2.05, 4.69) is 127 Å². The van der Waals surface area contributed by atoms with E-state index in [0.29, 0.717) is 11.8 Å². The molecular weight excluding hydrogens is 562 g/mol. The number of allylic oxidation sites excluding steroid dienone is 10. The summed E-state index contributed by atoms with van der Waals surface area (Å²) in [5.41, 5.74) is 17.4. The van der Waals surface area contributed by atoms with E-state index >= 15 is 0 Å². The average molecular weight is 592 g/mol. The largest absolute Gasteiger partial charge is 0.484 e. The summed E-state index contributed by atoms with van der Waals surface area (Å²) < 4.78 is 13.2. The van der Waals surface area contributed by atoms with Crippen LogP contribution in [0.4, 0.5) is 0 Å². The molecule has 1 aliphatic heterocycles. The summed E-state index contributed by atoms with van der Waals surface area (Å²) in [6, 6.07) is 26.2. The van der Waals surface area contributed by atoms with Crippen molar-refractivity contribution in [2.75, 3.05) is 0 Å². The van der Waals surface area contributed by atoms with Crippen molar-refractivity contribution < 1.29 is 9.15 Å². The van der Waals surface area contributed by atoms with Gasteiger partial charge in [-0.05, 0) is 87.2 Å². The Morgan fingerprint density at radius 3 is 2.57 bits per heavy atom. The number of benzene rings is 4. The quantitative estimate of drug-likeness (QED) is 0.205. The Labute approximate surface area is 267 Å². The molecule has 0 radical (unpaired) electrons. The van der Waals surface area contributed by atoms with E-state index in [1.54, 1.807) is 0 Å². The van der Waals surface area contributed by atoms with Crippen molar-refractivity contribution in [2.24, 2.45) is 5.92 Å². The van der Waals surface area contributed by atoms with Crippen molar-refractivity contribution in [3.8, 4) is 28.3 Å². The van der Waals surface area contributed by atoms with Gasteiger partial charge in [0, 0.05) is 34.4 Å². The van der Waals surface area contributed by atoms with Crippen LogP contribution in [-0.2, 0) is 0 Å². The third-order valence-corrected chi connectivity index (χ3v) is 10.9. The molecule has 11 rings (SSSR count). The second kappa shape index (κ2) is 9.08. The number of aromatic nitrogens is 1. The predicted molar refractivity (Wildman–Crippen MR) is 184 cm³/mol. The van der Waals surface area contributed by atoms with E-state index in [-0.39, 0.29) is 17.9 Å². The zero-order valence-corrected chi connectivity index (χ0v) is 25.1. The molecule has 0 saturated heterocycles. The molecule has 0 N–H and O–H groups in total. The molecule has 4 unspecified atom stereocenters. The highest BCUT2D eigenvalue weighted by atomic mass is 16.5. The maximum atomic E-state index is 6.77. The second-order valence-corrected chi connectivity index (χ2v) is 13.2. The number of ether oxygens (including phenoxy) is 1. The first-order valence-corrected chi connectivity index (χ1v) is 16.4. The smallest absolute Gasteiger partial charge is 0.227 e. The molecule has 6 aliphatic rings. The van der Waals surface area contributed by atoms with Crippen LogP contribution >= 0.6 is 0 Å². The molecule has 3 nitrogen and oxygen atoms in total. The zero-order chi connectivity index (χ0) is 29.9. The van der Waals surface area contributed by atoms with Gasteiger partial charge >= 0.3 is 0 Å². The molecule has 0 fully saturated rings. The lowest BCUT2D eigenvalue weighted by Gasteiger charge is -2.27. The van der Waals surface area contributed by atoms with Gasteiger partial charge in [-0.1, -0.05) is 103 Å². The van der Waals surface area contributed by atoms with Crippen molar-refractivity contribution in [2.45, 2.75) is 30.8 Å². The highest BCUT2D eigenvalue weighted by Gasteiger charge is 2.44. The van der Waals surface area contributed by atoms with Gasteiger partial charge in [0.1, 0.15) is 17.4 Å². The first-order valence-electron chi connectivity index (χ1n) is 16.4. The highest BCUT2D eigenvalue weighted by Crippen LogP contribution is 2.59. The Bertz CT molecular complexity index is 2360. The van der Waals surface area contributed by atoms with E-state index in [1.165, 1.54) is 61.2 Å². The predicted octanol–water partition coefficient (Wildman–Crippen LogP) is 10.7. The fraction of sp³-hybridized carbons (Fsp3) is 0.140. The van der Waals surface area contributed by atoms with E-state index in [1.807, 2.05) is 0 Å². The Balaban J connectivity index is 0.983. The SMILES string of the molecule is C1=CC2C=Cc3ccc4oc(-c5ccc(-c6cccc7c6C6C=C8C9=C(C=CCC9)c9cccc(c98)C6O7)cc5)nc4c3C2C=C1. The van der Waals surface area contributed by atoms with Crippen LogP contribution in [0, 0.1) is 5.92 Å². The van der Waals surface area contributed by atoms with Gasteiger partial charge in [-0.15, -0.1) is 0 Å². The van der Waals surface area contributed by atoms with Gasteiger partial charge in [0.05, 0.1) is 0 Å². The van der Waals surface area contributed by atoms with Crippen LogP contribution in [0.5, 0.6) is 5.75 Å². The number of nitrogens with zero attached hydrogens (tertiary/aromatic N) is 1. The lowest BCUT2D eigenvalue weighted by molar-refractivity contribution is 0.223. The molecule has 2 heterocycles. The van der Waals surface area contributed by atoms with E-state index in [0.717, 1.165) is 35.3 Å². The standard InChI is InChI=1S/C43H29NO2/c1-2-8-28-24(7-1)15-18-26-21-22-37-41(38(26)28)44-43(46-37)27-19-16-25(17-20-27)29-11-6-14-36-40(29)35-23-34-31-10-4-3-9-30(31)32-12-5-13-33(39(32)34)42(35)45-36/h1-3,5-9,11-24,28,35,42H,4,10H2. The van der Waals surface area contributed by atoms with E-state index < -0.39 is 0 Å². The molecule has 218 valence electrons. The number of hydrogen-bond donors (Lipinski definition) is 0. The van der Waals surface area contributed by atoms with Crippen molar-refractivity contribution in [1.82, 2.24) is 4.98 Å². The van der Waals surface area contributed by atoms with Gasteiger partial charge in [-0.2, -0.15) is 0 Å². The summed E-state index contributed by atoms with van der Waals surface area (Å²) in [5, 5.41) is 0. The number of rotatable bonds is 2. The van der Waals surface area contributed by atoms with E-state index in [9.17, 15) is 0 Å². The first kappa shape index (κ1) is 24.9. The summed E-state index contributed by atoms with van der Waals surface area (Å²) in [6.07, 6.45) is 22.7. The van der Waals surface area contributed by atoms with Gasteiger partial charge in [0.15, 0.2) is 5.58 Å². The van der Waals surface area contributed by atoms with Crippen molar-refractivity contribution >= 4 is 28.3 Å². The molecule has 5 aromatic rings. The van der Waals surface area contributed by atoms with Gasteiger partial charge in [0.25, 0.3) is 0 Å². The van der Waals surface area contributed by atoms with Crippen molar-refractivity contribution in [3.63, 3.8) is 0 Å². The summed E-state index contributed by atoms with van der Waals surface area (Å²) in [7, 11) is 0. The van der Waals surface area contributed by atoms with Crippen LogP contribution in [0.3, 0.4) is 0 Å². The molecular formula is C43H29NO2. The van der Waals surface area contributed by atoms with Crippen LogP contribution in [0.25, 0.3) is 50.9 Å². The second-order valence-electron chi connectivity index (χ2n) is 13.2. The minimum absolute atomic E-state index is 0.00549. The molecule has 1 aromatic heterocycles. The summed E-state index contributed by atoms with van der Waals surface area (Å²) >= 11 is 0. The van der Waals surface area contributed by atoms with Gasteiger partial charge < -0.3 is 9.15 Å². The number of oxazole rings is 1. The Morgan fingerprint density at radius 2 is 1.61 bits per heavy atom. The number of hydrogen-bond acceptors (Lipinski definition) is 3. The molecule has 0 bridgehead atoms. The highest BCUT2D eigenvalue weighted by molar-refractivity contribution is 6.05. The Kier molecular flexibility index (Phi) is 4.91. The molecule has 0 amide bonds.